The van der Waals surface area contributed by atoms with Crippen LogP contribution in [0.5, 0.6) is 11.5 Å². The summed E-state index contributed by atoms with van der Waals surface area (Å²) in [4.78, 5) is 70.5. The number of piperazine rings is 2. The van der Waals surface area contributed by atoms with Crippen LogP contribution in [0.2, 0.25) is 0 Å². The summed E-state index contributed by atoms with van der Waals surface area (Å²) in [5.41, 5.74) is 1.23. The summed E-state index contributed by atoms with van der Waals surface area (Å²) in [6.45, 7) is 9.11. The first-order chi connectivity index (χ1) is 31.0. The van der Waals surface area contributed by atoms with Gasteiger partial charge in [0, 0.05) is 87.0 Å². The van der Waals surface area contributed by atoms with E-state index in [1.54, 1.807) is 91.1 Å². The number of rotatable bonds is 10. The molecule has 5 amide bonds. The Bertz CT molecular complexity index is 2320. The quantitative estimate of drug-likeness (QED) is 0.125. The van der Waals surface area contributed by atoms with Gasteiger partial charge in [-0.1, -0.05) is 24.3 Å². The fourth-order valence-electron chi connectivity index (χ4n) is 6.88. The van der Waals surface area contributed by atoms with Crippen LogP contribution in [0.15, 0.2) is 84.9 Å². The smallest absolute Gasteiger partial charge is 0.410 e. The number of carbonyl (C=O) groups is 5. The van der Waals surface area contributed by atoms with E-state index in [4.69, 9.17) is 14.2 Å². The molecule has 2 aliphatic rings. The number of ether oxygens (including phenoxy) is 5. The molecule has 16 nitrogen and oxygen atoms in total. The standard InChI is InChI=1S/C26H32FN3O6.C21H24FN3O4.ClH/c1-26(2,3)36-25(33)29-13-11-28(12-14-29)24(32)30(20-7-6-8-21(16-20)34-4)17-19-10-9-18(15-22(19)27)23(31)35-5;1-28-18-5-3-4-17(13-18)25(21(27)24-10-8-23-9-11-24)14-16-7-6-15(12-19(16)22)20(26)29-2;/h6-10,15-16H,11-14,17H2,1-5H3;3-7,12-13,23H,8-11,14H2,1-2H3;1H. The fraction of sp³-hybridized carbons (Fsp3) is 0.383. The van der Waals surface area contributed by atoms with Crippen LogP contribution in [0.25, 0.3) is 0 Å². The first kappa shape index (κ1) is 52.0. The summed E-state index contributed by atoms with van der Waals surface area (Å²) in [7, 11) is 5.53. The highest BCUT2D eigenvalue weighted by Gasteiger charge is 2.31. The zero-order valence-electron chi connectivity index (χ0n) is 38.1. The van der Waals surface area contributed by atoms with E-state index in [9.17, 15) is 32.8 Å². The summed E-state index contributed by atoms with van der Waals surface area (Å²) in [5, 5.41) is 3.21. The van der Waals surface area contributed by atoms with Gasteiger partial charge in [-0.05, 0) is 69.3 Å². The predicted molar refractivity (Wildman–Crippen MR) is 246 cm³/mol. The maximum atomic E-state index is 14.9. The Kier molecular flexibility index (Phi) is 18.9. The molecule has 66 heavy (non-hydrogen) atoms. The molecule has 0 aromatic heterocycles. The first-order valence-corrected chi connectivity index (χ1v) is 20.9. The van der Waals surface area contributed by atoms with Crippen molar-refractivity contribution < 1.29 is 56.4 Å². The third-order valence-corrected chi connectivity index (χ3v) is 10.4. The molecule has 19 heteroatoms. The first-order valence-electron chi connectivity index (χ1n) is 20.9. The third-order valence-electron chi connectivity index (χ3n) is 10.4. The van der Waals surface area contributed by atoms with Crippen LogP contribution >= 0.6 is 12.4 Å². The number of benzene rings is 4. The number of hydrogen-bond acceptors (Lipinski definition) is 11. The fourth-order valence-corrected chi connectivity index (χ4v) is 6.88. The molecule has 0 atom stereocenters. The SMILES string of the molecule is COC(=O)c1ccc(CN(C(=O)N2CCN(C(=O)OC(C)(C)C)CC2)c2cccc(OC)c2)c(F)c1.COC(=O)c1ccc(CN(C(=O)N2CCNCC2)c2cccc(OC)c2)c(F)c1.Cl. The molecule has 0 bridgehead atoms. The molecule has 4 aromatic rings. The normalized spacial score (nSPS) is 13.5. The molecule has 2 heterocycles. The number of esters is 2. The van der Waals surface area contributed by atoms with E-state index in [1.807, 2.05) is 0 Å². The average molecular weight is 939 g/mol. The van der Waals surface area contributed by atoms with Crippen molar-refractivity contribution >= 4 is 53.9 Å². The molecule has 2 fully saturated rings. The van der Waals surface area contributed by atoms with Gasteiger partial charge >= 0.3 is 30.1 Å². The Hall–Kier alpha value is -6.66. The van der Waals surface area contributed by atoms with Crippen LogP contribution < -0.4 is 24.6 Å². The van der Waals surface area contributed by atoms with Crippen LogP contribution in [0.3, 0.4) is 0 Å². The van der Waals surface area contributed by atoms with Gasteiger partial charge in [0.1, 0.15) is 28.7 Å². The number of urea groups is 2. The van der Waals surface area contributed by atoms with Gasteiger partial charge in [-0.2, -0.15) is 0 Å². The van der Waals surface area contributed by atoms with Gasteiger partial charge in [0.05, 0.1) is 52.7 Å². The van der Waals surface area contributed by atoms with Gasteiger partial charge in [0.25, 0.3) is 0 Å². The van der Waals surface area contributed by atoms with Gasteiger partial charge in [-0.15, -0.1) is 12.4 Å². The van der Waals surface area contributed by atoms with E-state index in [0.29, 0.717) is 80.8 Å². The zero-order valence-corrected chi connectivity index (χ0v) is 39.0. The largest absolute Gasteiger partial charge is 0.497 e. The predicted octanol–water partition coefficient (Wildman–Crippen LogP) is 7.37. The van der Waals surface area contributed by atoms with E-state index in [2.05, 4.69) is 14.8 Å². The van der Waals surface area contributed by atoms with Crippen LogP contribution in [-0.2, 0) is 27.3 Å². The maximum Gasteiger partial charge on any atom is 0.410 e. The lowest BCUT2D eigenvalue weighted by Crippen LogP contribution is -2.54. The molecule has 0 spiro atoms. The van der Waals surface area contributed by atoms with Crippen LogP contribution in [0.1, 0.15) is 52.6 Å². The van der Waals surface area contributed by atoms with Crippen molar-refractivity contribution in [1.82, 2.24) is 20.0 Å². The second-order valence-corrected chi connectivity index (χ2v) is 15.9. The molecule has 356 valence electrons. The lowest BCUT2D eigenvalue weighted by molar-refractivity contribution is 0.0171. The average Bonchev–Trinajstić information content (AvgIpc) is 3.32. The lowest BCUT2D eigenvalue weighted by atomic mass is 10.1. The Labute approximate surface area is 389 Å². The molecule has 0 aliphatic carbocycles. The third kappa shape index (κ3) is 13.9. The van der Waals surface area contributed by atoms with Crippen LogP contribution in [-0.4, -0.2) is 131 Å². The number of anilines is 2. The summed E-state index contributed by atoms with van der Waals surface area (Å²) >= 11 is 0. The minimum atomic E-state index is -0.649. The minimum Gasteiger partial charge on any atom is -0.497 e. The molecule has 0 saturated carbocycles. The van der Waals surface area contributed by atoms with E-state index in [1.165, 1.54) is 55.4 Å². The van der Waals surface area contributed by atoms with E-state index < -0.39 is 35.3 Å². The highest BCUT2D eigenvalue weighted by Crippen LogP contribution is 2.28. The van der Waals surface area contributed by atoms with E-state index >= 15 is 0 Å². The van der Waals surface area contributed by atoms with Crippen molar-refractivity contribution in [2.75, 3.05) is 90.6 Å². The van der Waals surface area contributed by atoms with Gasteiger partial charge in [-0.3, -0.25) is 9.80 Å². The number of amides is 5. The number of nitrogens with one attached hydrogen (secondary N) is 1. The summed E-state index contributed by atoms with van der Waals surface area (Å²) in [5.74, 6) is -1.33. The molecule has 1 N–H and O–H groups in total. The van der Waals surface area contributed by atoms with E-state index in [0.717, 1.165) is 12.1 Å². The second-order valence-electron chi connectivity index (χ2n) is 15.9. The second kappa shape index (κ2) is 24.0. The summed E-state index contributed by atoms with van der Waals surface area (Å²) < 4.78 is 54.9. The van der Waals surface area contributed by atoms with Crippen molar-refractivity contribution in [3.05, 3.63) is 119 Å². The summed E-state index contributed by atoms with van der Waals surface area (Å²) in [6.07, 6.45) is -0.424. The topological polar surface area (TPSA) is 160 Å². The number of halogens is 3. The number of nitrogens with zero attached hydrogens (tertiary/aromatic N) is 5. The highest BCUT2D eigenvalue weighted by molar-refractivity contribution is 5.94. The molecule has 2 aliphatic heterocycles. The van der Waals surface area contributed by atoms with E-state index in [-0.39, 0.29) is 54.2 Å². The number of methoxy groups -OCH3 is 4. The Morgan fingerprint density at radius 3 is 1.38 bits per heavy atom. The highest BCUT2D eigenvalue weighted by atomic mass is 35.5. The Morgan fingerprint density at radius 2 is 1.00 bits per heavy atom. The Balaban J connectivity index is 0.000000290. The van der Waals surface area contributed by atoms with Gasteiger partial charge in [0.15, 0.2) is 0 Å². The minimum absolute atomic E-state index is 0. The molecular formula is C47H57ClF2N6O10. The Morgan fingerprint density at radius 1 is 0.591 bits per heavy atom. The summed E-state index contributed by atoms with van der Waals surface area (Å²) in [6, 6.07) is 21.6. The molecule has 6 rings (SSSR count). The van der Waals surface area contributed by atoms with Crippen molar-refractivity contribution in [2.24, 2.45) is 0 Å². The molecule has 0 unspecified atom stereocenters. The van der Waals surface area contributed by atoms with Crippen molar-refractivity contribution in [1.29, 1.82) is 0 Å². The molecule has 0 radical (unpaired) electrons. The lowest BCUT2D eigenvalue weighted by Gasteiger charge is -2.38. The number of hydrogen-bond donors (Lipinski definition) is 1. The van der Waals surface area contributed by atoms with Gasteiger partial charge < -0.3 is 43.7 Å². The maximum absolute atomic E-state index is 14.9. The van der Waals surface area contributed by atoms with Crippen molar-refractivity contribution in [3.8, 4) is 11.5 Å². The monoisotopic (exact) mass is 938 g/mol. The van der Waals surface area contributed by atoms with Crippen molar-refractivity contribution in [2.45, 2.75) is 39.5 Å². The van der Waals surface area contributed by atoms with Crippen LogP contribution in [0.4, 0.5) is 34.5 Å². The molecule has 2 saturated heterocycles. The zero-order chi connectivity index (χ0) is 47.3. The number of carbonyl (C=O) groups excluding carboxylic acids is 5. The van der Waals surface area contributed by atoms with Crippen LogP contribution in [0, 0.1) is 11.6 Å². The molecular weight excluding hydrogens is 882 g/mol. The van der Waals surface area contributed by atoms with Crippen molar-refractivity contribution in [3.63, 3.8) is 0 Å². The van der Waals surface area contributed by atoms with Gasteiger partial charge in [0.2, 0.25) is 0 Å². The molecule has 4 aromatic carbocycles. The van der Waals surface area contributed by atoms with Gasteiger partial charge in [-0.25, -0.2) is 32.8 Å².